The number of carbonyl (C=O) groups is 1. The molecule has 124 valence electrons. The van der Waals surface area contributed by atoms with Gasteiger partial charge in [0.05, 0.1) is 26.8 Å². The number of methoxy groups -OCH3 is 3. The lowest BCUT2D eigenvalue weighted by atomic mass is 10.1. The Bertz CT molecular complexity index is 863. The van der Waals surface area contributed by atoms with Crippen molar-refractivity contribution in [1.82, 2.24) is 9.61 Å². The maximum Gasteiger partial charge on any atom is 0.255 e. The zero-order valence-corrected chi connectivity index (χ0v) is 13.6. The molecular weight excluding hydrogens is 310 g/mol. The van der Waals surface area contributed by atoms with E-state index in [9.17, 15) is 4.79 Å². The normalized spacial score (nSPS) is 10.5. The third-order valence-corrected chi connectivity index (χ3v) is 3.58. The molecule has 7 nitrogen and oxygen atoms in total. The van der Waals surface area contributed by atoms with Crippen LogP contribution >= 0.6 is 0 Å². The minimum atomic E-state index is -0.280. The monoisotopic (exact) mass is 327 g/mol. The third kappa shape index (κ3) is 2.83. The highest BCUT2D eigenvalue weighted by Gasteiger charge is 2.17. The fourth-order valence-corrected chi connectivity index (χ4v) is 2.41. The number of amides is 1. The van der Waals surface area contributed by atoms with Gasteiger partial charge in [0.15, 0.2) is 11.5 Å². The van der Waals surface area contributed by atoms with Gasteiger partial charge in [0.2, 0.25) is 5.75 Å². The second-order valence-electron chi connectivity index (χ2n) is 4.98. The van der Waals surface area contributed by atoms with Gasteiger partial charge in [-0.3, -0.25) is 4.79 Å². The van der Waals surface area contributed by atoms with Crippen LogP contribution in [0.2, 0.25) is 0 Å². The molecule has 0 aliphatic heterocycles. The van der Waals surface area contributed by atoms with Crippen LogP contribution in [0.1, 0.15) is 10.4 Å². The number of rotatable bonds is 5. The Labute approximate surface area is 138 Å². The largest absolute Gasteiger partial charge is 0.493 e. The standard InChI is InChI=1S/C17H17N3O4/c1-22-14-8-11(9-15(23-2)16(14)24-3)17(21)19-12-5-7-20-13(10-12)4-6-18-20/h4-10H,1-3H3,(H,19,21). The molecular formula is C17H17N3O4. The molecule has 3 rings (SSSR count). The molecule has 0 unspecified atom stereocenters. The second kappa shape index (κ2) is 6.49. The number of anilines is 1. The highest BCUT2D eigenvalue weighted by atomic mass is 16.5. The maximum atomic E-state index is 12.5. The second-order valence-corrected chi connectivity index (χ2v) is 4.98. The van der Waals surface area contributed by atoms with Crippen LogP contribution in [-0.4, -0.2) is 36.9 Å². The molecule has 2 heterocycles. The molecule has 0 aliphatic rings. The average Bonchev–Trinajstić information content (AvgIpc) is 3.07. The highest BCUT2D eigenvalue weighted by molar-refractivity contribution is 6.05. The van der Waals surface area contributed by atoms with Gasteiger partial charge >= 0.3 is 0 Å². The van der Waals surface area contributed by atoms with Gasteiger partial charge in [-0.15, -0.1) is 0 Å². The van der Waals surface area contributed by atoms with Crippen molar-refractivity contribution < 1.29 is 19.0 Å². The Balaban J connectivity index is 1.91. The van der Waals surface area contributed by atoms with Crippen LogP contribution in [0.25, 0.3) is 5.52 Å². The van der Waals surface area contributed by atoms with Crippen molar-refractivity contribution in [2.45, 2.75) is 0 Å². The lowest BCUT2D eigenvalue weighted by Gasteiger charge is -2.14. The number of aromatic nitrogens is 2. The van der Waals surface area contributed by atoms with Crippen molar-refractivity contribution in [3.63, 3.8) is 0 Å². The van der Waals surface area contributed by atoms with E-state index >= 15 is 0 Å². The molecule has 24 heavy (non-hydrogen) atoms. The summed E-state index contributed by atoms with van der Waals surface area (Å²) < 4.78 is 17.5. The molecule has 2 aromatic heterocycles. The van der Waals surface area contributed by atoms with E-state index in [1.165, 1.54) is 21.3 Å². The van der Waals surface area contributed by atoms with Gasteiger partial charge in [-0.05, 0) is 30.3 Å². The van der Waals surface area contributed by atoms with Gasteiger partial charge in [0.1, 0.15) is 0 Å². The number of nitrogens with zero attached hydrogens (tertiary/aromatic N) is 2. The number of fused-ring (bicyclic) bond motifs is 1. The van der Waals surface area contributed by atoms with Gasteiger partial charge in [-0.1, -0.05) is 0 Å². The maximum absolute atomic E-state index is 12.5. The van der Waals surface area contributed by atoms with E-state index in [0.29, 0.717) is 28.5 Å². The molecule has 0 saturated carbocycles. The summed E-state index contributed by atoms with van der Waals surface area (Å²) in [6, 6.07) is 8.68. The zero-order valence-electron chi connectivity index (χ0n) is 13.6. The summed E-state index contributed by atoms with van der Waals surface area (Å²) in [5, 5.41) is 6.97. The first-order valence-electron chi connectivity index (χ1n) is 7.21. The molecule has 7 heteroatoms. The topological polar surface area (TPSA) is 74.1 Å². The van der Waals surface area contributed by atoms with Crippen molar-refractivity contribution in [1.29, 1.82) is 0 Å². The lowest BCUT2D eigenvalue weighted by molar-refractivity contribution is 0.102. The summed E-state index contributed by atoms with van der Waals surface area (Å²) in [6.07, 6.45) is 3.47. The summed E-state index contributed by atoms with van der Waals surface area (Å²) in [6.45, 7) is 0. The Morgan fingerprint density at radius 2 is 1.75 bits per heavy atom. The van der Waals surface area contributed by atoms with Crippen molar-refractivity contribution in [2.24, 2.45) is 0 Å². The quantitative estimate of drug-likeness (QED) is 0.780. The van der Waals surface area contributed by atoms with Crippen molar-refractivity contribution in [3.8, 4) is 17.2 Å². The van der Waals surface area contributed by atoms with Crippen molar-refractivity contribution in [3.05, 3.63) is 48.3 Å². The van der Waals surface area contributed by atoms with Gasteiger partial charge < -0.3 is 19.5 Å². The fourth-order valence-electron chi connectivity index (χ4n) is 2.41. The Hall–Kier alpha value is -3.22. The summed E-state index contributed by atoms with van der Waals surface area (Å²) in [4.78, 5) is 12.5. The summed E-state index contributed by atoms with van der Waals surface area (Å²) >= 11 is 0. The van der Waals surface area contributed by atoms with Gasteiger partial charge in [-0.25, -0.2) is 4.52 Å². The van der Waals surface area contributed by atoms with Crippen LogP contribution in [0.3, 0.4) is 0 Å². The molecule has 0 fully saturated rings. The number of hydrogen-bond acceptors (Lipinski definition) is 5. The molecule has 0 bridgehead atoms. The molecule has 1 amide bonds. The average molecular weight is 327 g/mol. The van der Waals surface area contributed by atoms with Gasteiger partial charge in [0, 0.05) is 23.6 Å². The smallest absolute Gasteiger partial charge is 0.255 e. The molecule has 0 spiro atoms. The van der Waals surface area contributed by atoms with Crippen LogP contribution in [0, 0.1) is 0 Å². The number of nitrogens with one attached hydrogen (secondary N) is 1. The predicted octanol–water partition coefficient (Wildman–Crippen LogP) is 2.61. The van der Waals surface area contributed by atoms with Crippen LogP contribution in [0.4, 0.5) is 5.69 Å². The molecule has 0 atom stereocenters. The number of ether oxygens (including phenoxy) is 3. The van der Waals surface area contributed by atoms with Crippen LogP contribution in [0.15, 0.2) is 42.7 Å². The molecule has 3 aromatic rings. The van der Waals surface area contributed by atoms with E-state index in [4.69, 9.17) is 14.2 Å². The van der Waals surface area contributed by atoms with E-state index < -0.39 is 0 Å². The zero-order chi connectivity index (χ0) is 17.1. The van der Waals surface area contributed by atoms with Crippen molar-refractivity contribution >= 4 is 17.1 Å². The fraction of sp³-hybridized carbons (Fsp3) is 0.176. The predicted molar refractivity (Wildman–Crippen MR) is 89.2 cm³/mol. The van der Waals surface area contributed by atoms with E-state index in [1.807, 2.05) is 12.1 Å². The first kappa shape index (κ1) is 15.7. The van der Waals surface area contributed by atoms with Crippen LogP contribution in [0.5, 0.6) is 17.2 Å². The third-order valence-electron chi connectivity index (χ3n) is 3.58. The SMILES string of the molecule is COc1cc(C(=O)Nc2ccn3nccc3c2)cc(OC)c1OC. The van der Waals surface area contributed by atoms with E-state index in [-0.39, 0.29) is 5.91 Å². The molecule has 1 aromatic carbocycles. The Morgan fingerprint density at radius 3 is 2.38 bits per heavy atom. The Kier molecular flexibility index (Phi) is 4.24. The van der Waals surface area contributed by atoms with Crippen LogP contribution in [-0.2, 0) is 0 Å². The molecule has 0 radical (unpaired) electrons. The molecule has 0 saturated heterocycles. The van der Waals surface area contributed by atoms with Gasteiger partial charge in [-0.2, -0.15) is 5.10 Å². The van der Waals surface area contributed by atoms with Gasteiger partial charge in [0.25, 0.3) is 5.91 Å². The molecule has 1 N–H and O–H groups in total. The summed E-state index contributed by atoms with van der Waals surface area (Å²) in [5.74, 6) is 1.01. The van der Waals surface area contributed by atoms with E-state index in [1.54, 1.807) is 35.1 Å². The first-order chi connectivity index (χ1) is 11.7. The number of carbonyl (C=O) groups excluding carboxylic acids is 1. The summed E-state index contributed by atoms with van der Waals surface area (Å²) in [7, 11) is 4.53. The van der Waals surface area contributed by atoms with Crippen LogP contribution < -0.4 is 19.5 Å². The Morgan fingerprint density at radius 1 is 1.04 bits per heavy atom. The summed E-state index contributed by atoms with van der Waals surface area (Å²) in [5.41, 5.74) is 1.96. The number of hydrogen-bond donors (Lipinski definition) is 1. The van der Waals surface area contributed by atoms with E-state index in [0.717, 1.165) is 5.52 Å². The number of benzene rings is 1. The minimum Gasteiger partial charge on any atom is -0.493 e. The van der Waals surface area contributed by atoms with E-state index in [2.05, 4.69) is 10.4 Å². The number of pyridine rings is 1. The highest BCUT2D eigenvalue weighted by Crippen LogP contribution is 2.38. The minimum absolute atomic E-state index is 0.280. The lowest BCUT2D eigenvalue weighted by Crippen LogP contribution is -2.12. The molecule has 0 aliphatic carbocycles. The first-order valence-corrected chi connectivity index (χ1v) is 7.21. The van der Waals surface area contributed by atoms with Crippen molar-refractivity contribution in [2.75, 3.05) is 26.6 Å².